The maximum absolute atomic E-state index is 6.15. The van der Waals surface area contributed by atoms with E-state index in [1.807, 2.05) is 25.1 Å². The molecule has 0 spiro atoms. The molecule has 0 aliphatic rings. The fourth-order valence-corrected chi connectivity index (χ4v) is 1.89. The number of benzene rings is 1. The molecule has 0 heterocycles. The lowest BCUT2D eigenvalue weighted by atomic mass is 10.1. The van der Waals surface area contributed by atoms with Crippen molar-refractivity contribution in [2.24, 2.45) is 5.84 Å². The van der Waals surface area contributed by atoms with E-state index in [9.17, 15) is 0 Å². The third-order valence-corrected chi connectivity index (χ3v) is 3.36. The number of nitrogens with one attached hydrogen (secondary N) is 1. The smallest absolute Gasteiger partial charge is 0.0708 e. The Hall–Kier alpha value is -0.130. The average Bonchev–Trinajstić information content (AvgIpc) is 2.25. The van der Waals surface area contributed by atoms with Crippen LogP contribution in [0.2, 0.25) is 5.02 Å². The van der Waals surface area contributed by atoms with Crippen LogP contribution in [0.1, 0.15) is 18.5 Å². The van der Waals surface area contributed by atoms with Crippen LogP contribution in [0.3, 0.4) is 0 Å². The highest BCUT2D eigenvalue weighted by atomic mass is 79.9. The summed E-state index contributed by atoms with van der Waals surface area (Å²) >= 11 is 9.52. The monoisotopic (exact) mass is 292 g/mol. The third kappa shape index (κ3) is 3.43. The first-order chi connectivity index (χ1) is 7.20. The molecule has 0 radical (unpaired) electrons. The van der Waals surface area contributed by atoms with Crippen LogP contribution in [0.4, 0.5) is 0 Å². The summed E-state index contributed by atoms with van der Waals surface area (Å²) in [6.45, 7) is 3.10. The first kappa shape index (κ1) is 12.9. The molecule has 0 saturated carbocycles. The molecule has 1 aromatic rings. The van der Waals surface area contributed by atoms with E-state index in [1.54, 1.807) is 0 Å². The Morgan fingerprint density at radius 1 is 1.60 bits per heavy atom. The number of hydrogen-bond acceptors (Lipinski definition) is 3. The van der Waals surface area contributed by atoms with E-state index in [-0.39, 0.29) is 6.04 Å². The Morgan fingerprint density at radius 2 is 2.33 bits per heavy atom. The summed E-state index contributed by atoms with van der Waals surface area (Å²) in [5.41, 5.74) is 3.62. The van der Waals surface area contributed by atoms with Gasteiger partial charge in [-0.05, 0) is 34.5 Å². The summed E-state index contributed by atoms with van der Waals surface area (Å²) in [5, 5.41) is 0.667. The third-order valence-electron chi connectivity index (χ3n) is 2.05. The van der Waals surface area contributed by atoms with Gasteiger partial charge in [0.15, 0.2) is 0 Å². The van der Waals surface area contributed by atoms with E-state index in [0.717, 1.165) is 10.0 Å². The van der Waals surface area contributed by atoms with Gasteiger partial charge < -0.3 is 4.74 Å². The molecule has 0 aromatic heterocycles. The molecule has 1 unspecified atom stereocenters. The summed E-state index contributed by atoms with van der Waals surface area (Å²) in [7, 11) is 0. The molecule has 3 nitrogen and oxygen atoms in total. The van der Waals surface area contributed by atoms with E-state index in [2.05, 4.69) is 21.4 Å². The van der Waals surface area contributed by atoms with E-state index >= 15 is 0 Å². The standard InChI is InChI=1S/C10H14BrClN2O/c1-2-15-6-9(14-13)7-4-3-5-8(11)10(7)12/h3-5,9,14H,2,6,13H2,1H3. The molecular formula is C10H14BrClN2O. The lowest BCUT2D eigenvalue weighted by Gasteiger charge is -2.17. The zero-order valence-electron chi connectivity index (χ0n) is 8.47. The van der Waals surface area contributed by atoms with Gasteiger partial charge in [0.25, 0.3) is 0 Å². The van der Waals surface area contributed by atoms with Gasteiger partial charge in [-0.15, -0.1) is 0 Å². The second kappa shape index (κ2) is 6.45. The summed E-state index contributed by atoms with van der Waals surface area (Å²) < 4.78 is 6.18. The Bertz CT molecular complexity index is 322. The van der Waals surface area contributed by atoms with Gasteiger partial charge >= 0.3 is 0 Å². The van der Waals surface area contributed by atoms with Crippen molar-refractivity contribution in [2.75, 3.05) is 13.2 Å². The molecule has 0 aliphatic carbocycles. The van der Waals surface area contributed by atoms with Gasteiger partial charge in [-0.3, -0.25) is 11.3 Å². The summed E-state index contributed by atoms with van der Waals surface area (Å²) in [6, 6.07) is 5.65. The van der Waals surface area contributed by atoms with E-state index in [4.69, 9.17) is 22.2 Å². The van der Waals surface area contributed by atoms with Crippen molar-refractivity contribution in [3.8, 4) is 0 Å². The second-order valence-electron chi connectivity index (χ2n) is 3.02. The SMILES string of the molecule is CCOCC(NN)c1cccc(Br)c1Cl. The molecule has 1 aromatic carbocycles. The molecule has 1 rings (SSSR count). The van der Waals surface area contributed by atoms with E-state index in [1.165, 1.54) is 0 Å². The summed E-state index contributed by atoms with van der Waals surface area (Å²) in [4.78, 5) is 0. The van der Waals surface area contributed by atoms with Crippen LogP contribution in [0.15, 0.2) is 22.7 Å². The fraction of sp³-hybridized carbons (Fsp3) is 0.400. The maximum atomic E-state index is 6.15. The minimum Gasteiger partial charge on any atom is -0.380 e. The van der Waals surface area contributed by atoms with Gasteiger partial charge in [0, 0.05) is 11.1 Å². The van der Waals surface area contributed by atoms with E-state index in [0.29, 0.717) is 18.2 Å². The van der Waals surface area contributed by atoms with Crippen molar-refractivity contribution in [1.29, 1.82) is 0 Å². The minimum atomic E-state index is -0.0880. The lowest BCUT2D eigenvalue weighted by Crippen LogP contribution is -2.31. The van der Waals surface area contributed by atoms with Crippen LogP contribution < -0.4 is 11.3 Å². The average molecular weight is 294 g/mol. The molecule has 0 bridgehead atoms. The molecule has 3 N–H and O–H groups in total. The first-order valence-electron chi connectivity index (χ1n) is 4.68. The maximum Gasteiger partial charge on any atom is 0.0708 e. The minimum absolute atomic E-state index is 0.0880. The zero-order valence-corrected chi connectivity index (χ0v) is 10.8. The Balaban J connectivity index is 2.86. The molecule has 0 aliphatic heterocycles. The van der Waals surface area contributed by atoms with Crippen LogP contribution in [0.5, 0.6) is 0 Å². The number of rotatable bonds is 5. The lowest BCUT2D eigenvalue weighted by molar-refractivity contribution is 0.123. The van der Waals surface area contributed by atoms with Crippen molar-refractivity contribution in [1.82, 2.24) is 5.43 Å². The number of nitrogens with two attached hydrogens (primary N) is 1. The van der Waals surface area contributed by atoms with Crippen LogP contribution in [0, 0.1) is 0 Å². The van der Waals surface area contributed by atoms with Crippen molar-refractivity contribution in [2.45, 2.75) is 13.0 Å². The number of hydrogen-bond donors (Lipinski definition) is 2. The molecule has 15 heavy (non-hydrogen) atoms. The molecule has 84 valence electrons. The van der Waals surface area contributed by atoms with Crippen LogP contribution in [-0.2, 0) is 4.74 Å². The predicted octanol–water partition coefficient (Wildman–Crippen LogP) is 2.64. The highest BCUT2D eigenvalue weighted by Gasteiger charge is 2.14. The zero-order chi connectivity index (χ0) is 11.3. The normalized spacial score (nSPS) is 12.8. The Kier molecular flexibility index (Phi) is 5.56. The second-order valence-corrected chi connectivity index (χ2v) is 4.25. The van der Waals surface area contributed by atoms with Crippen molar-refractivity contribution in [3.63, 3.8) is 0 Å². The molecule has 1 atom stereocenters. The van der Waals surface area contributed by atoms with Crippen LogP contribution in [0.25, 0.3) is 0 Å². The fourth-order valence-electron chi connectivity index (χ4n) is 1.25. The van der Waals surface area contributed by atoms with Crippen molar-refractivity contribution in [3.05, 3.63) is 33.3 Å². The quantitative estimate of drug-likeness (QED) is 0.648. The molecule has 0 fully saturated rings. The molecule has 5 heteroatoms. The molecular weight excluding hydrogens is 279 g/mol. The van der Waals surface area contributed by atoms with Crippen LogP contribution >= 0.6 is 27.5 Å². The Morgan fingerprint density at radius 3 is 2.93 bits per heavy atom. The van der Waals surface area contributed by atoms with Gasteiger partial charge in [0.2, 0.25) is 0 Å². The van der Waals surface area contributed by atoms with Gasteiger partial charge in [-0.25, -0.2) is 0 Å². The predicted molar refractivity (Wildman–Crippen MR) is 65.7 cm³/mol. The number of hydrazine groups is 1. The largest absolute Gasteiger partial charge is 0.380 e. The van der Waals surface area contributed by atoms with E-state index < -0.39 is 0 Å². The van der Waals surface area contributed by atoms with Crippen molar-refractivity contribution < 1.29 is 4.74 Å². The topological polar surface area (TPSA) is 47.3 Å². The van der Waals surface area contributed by atoms with Crippen molar-refractivity contribution >= 4 is 27.5 Å². The number of halogens is 2. The summed E-state index contributed by atoms with van der Waals surface area (Å²) in [5.74, 6) is 5.46. The van der Waals surface area contributed by atoms with Gasteiger partial charge in [0.1, 0.15) is 0 Å². The van der Waals surface area contributed by atoms with Gasteiger partial charge in [-0.2, -0.15) is 0 Å². The Labute approximate surface area is 103 Å². The van der Waals surface area contributed by atoms with Gasteiger partial charge in [-0.1, -0.05) is 23.7 Å². The van der Waals surface area contributed by atoms with Gasteiger partial charge in [0.05, 0.1) is 17.7 Å². The first-order valence-corrected chi connectivity index (χ1v) is 5.85. The molecule has 0 amide bonds. The van der Waals surface area contributed by atoms with Crippen LogP contribution in [-0.4, -0.2) is 13.2 Å². The summed E-state index contributed by atoms with van der Waals surface area (Å²) in [6.07, 6.45) is 0. The highest BCUT2D eigenvalue weighted by Crippen LogP contribution is 2.29. The molecule has 0 saturated heterocycles. The highest BCUT2D eigenvalue weighted by molar-refractivity contribution is 9.10. The number of ether oxygens (including phenoxy) is 1.